The molecule has 1 aromatic carbocycles. The lowest BCUT2D eigenvalue weighted by Gasteiger charge is -2.24. The maximum absolute atomic E-state index is 14.0. The summed E-state index contributed by atoms with van der Waals surface area (Å²) in [7, 11) is 0. The molecule has 1 saturated heterocycles. The monoisotopic (exact) mass is 350 g/mol. The normalized spacial score (nSPS) is 19.8. The van der Waals surface area contributed by atoms with Gasteiger partial charge in [0.05, 0.1) is 12.2 Å². The molecule has 0 N–H and O–H groups in total. The van der Waals surface area contributed by atoms with E-state index in [1.807, 2.05) is 6.07 Å². The molecule has 1 unspecified atom stereocenters. The minimum absolute atomic E-state index is 0.290. The number of hydrogen-bond acceptors (Lipinski definition) is 4. The van der Waals surface area contributed by atoms with Gasteiger partial charge in [-0.25, -0.2) is 14.0 Å². The van der Waals surface area contributed by atoms with E-state index in [2.05, 4.69) is 0 Å². The Bertz CT molecular complexity index is 686. The largest absolute Gasteiger partial charge is 0.444 e. The van der Waals surface area contributed by atoms with Crippen LogP contribution < -0.4 is 4.90 Å². The number of anilines is 1. The van der Waals surface area contributed by atoms with Crippen molar-refractivity contribution in [2.75, 3.05) is 24.5 Å². The third-order valence-corrected chi connectivity index (χ3v) is 4.23. The summed E-state index contributed by atoms with van der Waals surface area (Å²) in [6.45, 7) is 6.57. The number of carbonyl (C=O) groups excluding carboxylic acids is 2. The van der Waals surface area contributed by atoms with Crippen LogP contribution in [0.5, 0.6) is 0 Å². The molecule has 0 saturated carbocycles. The van der Waals surface area contributed by atoms with Gasteiger partial charge in [0, 0.05) is 19.5 Å². The Balaban J connectivity index is 1.58. The second-order valence-electron chi connectivity index (χ2n) is 7.37. The van der Waals surface area contributed by atoms with Gasteiger partial charge in [-0.1, -0.05) is 12.1 Å². The maximum atomic E-state index is 14.0. The van der Waals surface area contributed by atoms with Gasteiger partial charge >= 0.3 is 12.2 Å². The summed E-state index contributed by atoms with van der Waals surface area (Å²) in [6.07, 6.45) is -0.237. The van der Waals surface area contributed by atoms with Gasteiger partial charge in [-0.3, -0.25) is 4.90 Å². The number of para-hydroxylation sites is 1. The van der Waals surface area contributed by atoms with Crippen molar-refractivity contribution in [3.05, 3.63) is 29.6 Å². The van der Waals surface area contributed by atoms with Gasteiger partial charge < -0.3 is 14.4 Å². The first-order valence-corrected chi connectivity index (χ1v) is 8.48. The Labute approximate surface area is 146 Å². The van der Waals surface area contributed by atoms with Gasteiger partial charge in [0.2, 0.25) is 0 Å². The van der Waals surface area contributed by atoms with Crippen molar-refractivity contribution in [3.63, 3.8) is 0 Å². The van der Waals surface area contributed by atoms with Crippen molar-refractivity contribution in [3.8, 4) is 0 Å². The fourth-order valence-electron chi connectivity index (χ4n) is 3.11. The first-order chi connectivity index (χ1) is 11.7. The van der Waals surface area contributed by atoms with E-state index in [0.717, 1.165) is 5.56 Å². The molecule has 3 rings (SSSR count). The summed E-state index contributed by atoms with van der Waals surface area (Å²) in [4.78, 5) is 27.3. The number of fused-ring (bicyclic) bond motifs is 1. The highest BCUT2D eigenvalue weighted by Gasteiger charge is 2.35. The molecule has 6 nitrogen and oxygen atoms in total. The molecule has 2 aliphatic rings. The topological polar surface area (TPSA) is 59.1 Å². The summed E-state index contributed by atoms with van der Waals surface area (Å²) in [5.74, 6) is -0.422. The van der Waals surface area contributed by atoms with E-state index in [1.54, 1.807) is 26.8 Å². The van der Waals surface area contributed by atoms with Gasteiger partial charge in [0.15, 0.2) is 0 Å². The highest BCUT2D eigenvalue weighted by molar-refractivity contribution is 5.90. The molecule has 0 radical (unpaired) electrons. The summed E-state index contributed by atoms with van der Waals surface area (Å²) >= 11 is 0. The van der Waals surface area contributed by atoms with Crippen molar-refractivity contribution >= 4 is 17.9 Å². The average molecular weight is 350 g/mol. The van der Waals surface area contributed by atoms with Crippen LogP contribution in [0.4, 0.5) is 19.7 Å². The van der Waals surface area contributed by atoms with E-state index >= 15 is 0 Å². The maximum Gasteiger partial charge on any atom is 0.414 e. The number of halogens is 1. The van der Waals surface area contributed by atoms with E-state index in [0.29, 0.717) is 38.2 Å². The number of nitrogens with zero attached hydrogens (tertiary/aromatic N) is 2. The molecule has 2 heterocycles. The molecule has 1 aromatic rings. The molecule has 25 heavy (non-hydrogen) atoms. The molecule has 0 aliphatic carbocycles. The van der Waals surface area contributed by atoms with E-state index < -0.39 is 29.7 Å². The summed E-state index contributed by atoms with van der Waals surface area (Å²) in [5.41, 5.74) is 0.538. The molecule has 0 bridgehead atoms. The molecule has 1 fully saturated rings. The van der Waals surface area contributed by atoms with Crippen molar-refractivity contribution in [1.82, 2.24) is 4.90 Å². The van der Waals surface area contributed by atoms with Crippen LogP contribution in [0.25, 0.3) is 0 Å². The van der Waals surface area contributed by atoms with Gasteiger partial charge in [-0.2, -0.15) is 0 Å². The van der Waals surface area contributed by atoms with Gasteiger partial charge in [-0.15, -0.1) is 0 Å². The molecule has 0 aromatic heterocycles. The second kappa shape index (κ2) is 6.54. The van der Waals surface area contributed by atoms with Crippen LogP contribution in [-0.2, 0) is 15.9 Å². The molecule has 136 valence electrons. The predicted molar refractivity (Wildman–Crippen MR) is 90.1 cm³/mol. The molecular formula is C18H23FN2O4. The van der Waals surface area contributed by atoms with Crippen LogP contribution in [0.3, 0.4) is 0 Å². The van der Waals surface area contributed by atoms with Crippen LogP contribution >= 0.6 is 0 Å². The Morgan fingerprint density at radius 3 is 2.68 bits per heavy atom. The molecule has 7 heteroatoms. The molecule has 2 aliphatic heterocycles. The van der Waals surface area contributed by atoms with E-state index in [4.69, 9.17) is 9.47 Å². The number of rotatable bonds is 1. The first kappa shape index (κ1) is 17.5. The van der Waals surface area contributed by atoms with Crippen LogP contribution in [0, 0.1) is 5.82 Å². The Morgan fingerprint density at radius 1 is 1.20 bits per heavy atom. The van der Waals surface area contributed by atoms with Gasteiger partial charge in [0.1, 0.15) is 17.5 Å². The quantitative estimate of drug-likeness (QED) is 0.779. The Kier molecular flexibility index (Phi) is 4.58. The minimum Gasteiger partial charge on any atom is -0.444 e. The highest BCUT2D eigenvalue weighted by atomic mass is 19.1. The molecule has 1 atom stereocenters. The zero-order valence-corrected chi connectivity index (χ0v) is 14.8. The fourth-order valence-corrected chi connectivity index (χ4v) is 3.11. The smallest absolute Gasteiger partial charge is 0.414 e. The number of ether oxygens (including phenoxy) is 2. The van der Waals surface area contributed by atoms with Crippen molar-refractivity contribution in [2.45, 2.75) is 45.3 Å². The summed E-state index contributed by atoms with van der Waals surface area (Å²) in [5, 5.41) is 0. The Hall–Kier alpha value is -2.31. The third-order valence-electron chi connectivity index (χ3n) is 4.23. The van der Waals surface area contributed by atoms with E-state index in [9.17, 15) is 14.0 Å². The first-order valence-electron chi connectivity index (χ1n) is 8.48. The zero-order chi connectivity index (χ0) is 18.2. The molecule has 2 amide bonds. The van der Waals surface area contributed by atoms with Crippen LogP contribution in [0.2, 0.25) is 0 Å². The number of benzene rings is 1. The number of amides is 2. The van der Waals surface area contributed by atoms with Gasteiger partial charge in [0.25, 0.3) is 0 Å². The van der Waals surface area contributed by atoms with Crippen molar-refractivity contribution in [1.29, 1.82) is 0 Å². The zero-order valence-electron chi connectivity index (χ0n) is 14.8. The van der Waals surface area contributed by atoms with E-state index in [1.165, 1.54) is 15.9 Å². The summed E-state index contributed by atoms with van der Waals surface area (Å²) < 4.78 is 24.8. The lowest BCUT2D eigenvalue weighted by molar-refractivity contribution is 0.0261. The number of carbonyl (C=O) groups is 2. The highest BCUT2D eigenvalue weighted by Crippen LogP contribution is 2.31. The van der Waals surface area contributed by atoms with E-state index in [-0.39, 0.29) is 0 Å². The van der Waals surface area contributed by atoms with Crippen LogP contribution in [-0.4, -0.2) is 48.4 Å². The third kappa shape index (κ3) is 3.86. The fraction of sp³-hybridized carbons (Fsp3) is 0.556. The standard InChI is InChI=1S/C18H23FN2O4/c1-18(2,3)25-16(22)20-9-8-13(11-20)24-17(23)21-10-7-12-5-4-6-14(19)15(12)21/h4-6,13H,7-11H2,1-3H3. The lowest BCUT2D eigenvalue weighted by Crippen LogP contribution is -2.37. The minimum atomic E-state index is -0.570. The summed E-state index contributed by atoms with van der Waals surface area (Å²) in [6, 6.07) is 4.79. The second-order valence-corrected chi connectivity index (χ2v) is 7.37. The van der Waals surface area contributed by atoms with Crippen molar-refractivity contribution < 1.29 is 23.5 Å². The Morgan fingerprint density at radius 2 is 1.96 bits per heavy atom. The molecule has 0 spiro atoms. The predicted octanol–water partition coefficient (Wildman–Crippen LogP) is 3.33. The number of likely N-dealkylation sites (tertiary alicyclic amines) is 1. The van der Waals surface area contributed by atoms with Crippen LogP contribution in [0.1, 0.15) is 32.8 Å². The van der Waals surface area contributed by atoms with Crippen molar-refractivity contribution in [2.24, 2.45) is 0 Å². The average Bonchev–Trinajstić information content (AvgIpc) is 3.12. The lowest BCUT2D eigenvalue weighted by atomic mass is 10.2. The van der Waals surface area contributed by atoms with Gasteiger partial charge in [-0.05, 0) is 38.8 Å². The van der Waals surface area contributed by atoms with Crippen LogP contribution in [0.15, 0.2) is 18.2 Å². The SMILES string of the molecule is CC(C)(C)OC(=O)N1CCC(OC(=O)N2CCc3cccc(F)c32)C1. The number of hydrogen-bond donors (Lipinski definition) is 0. The molecular weight excluding hydrogens is 327 g/mol.